The van der Waals surface area contributed by atoms with E-state index < -0.39 is 5.76 Å². The maximum absolute atomic E-state index is 12.2. The van der Waals surface area contributed by atoms with Crippen LogP contribution in [0.4, 0.5) is 10.8 Å². The Morgan fingerprint density at radius 2 is 2.00 bits per heavy atom. The van der Waals surface area contributed by atoms with Crippen LogP contribution in [-0.4, -0.2) is 20.6 Å². The predicted molar refractivity (Wildman–Crippen MR) is 100 cm³/mol. The Morgan fingerprint density at radius 3 is 2.62 bits per heavy atom. The van der Waals surface area contributed by atoms with Crippen molar-refractivity contribution in [2.24, 2.45) is 0 Å². The molecule has 2 aromatic heterocycles. The third-order valence-corrected chi connectivity index (χ3v) is 4.76. The Morgan fingerprint density at radius 1 is 1.31 bits per heavy atom. The zero-order valence-corrected chi connectivity index (χ0v) is 15.9. The van der Waals surface area contributed by atoms with Crippen molar-refractivity contribution in [1.82, 2.24) is 14.7 Å². The number of aromatic nitrogens is 3. The van der Waals surface area contributed by atoms with Crippen LogP contribution in [0.15, 0.2) is 39.0 Å². The average Bonchev–Trinajstić information content (AvgIpc) is 3.17. The fourth-order valence-corrected chi connectivity index (χ4v) is 3.47. The molecule has 3 aromatic rings. The molecular weight excluding hydrogens is 352 g/mol. The van der Waals surface area contributed by atoms with Gasteiger partial charge in [-0.2, -0.15) is 0 Å². The molecule has 0 radical (unpaired) electrons. The van der Waals surface area contributed by atoms with Crippen LogP contribution in [0, 0.1) is 6.92 Å². The number of aryl methyl sites for hydroxylation is 1. The van der Waals surface area contributed by atoms with Crippen molar-refractivity contribution in [1.29, 1.82) is 0 Å². The molecule has 0 N–H and O–H groups in total. The highest BCUT2D eigenvalue weighted by Crippen LogP contribution is 2.29. The van der Waals surface area contributed by atoms with E-state index in [9.17, 15) is 9.59 Å². The molecule has 0 saturated heterocycles. The van der Waals surface area contributed by atoms with E-state index >= 15 is 0 Å². The summed E-state index contributed by atoms with van der Waals surface area (Å²) < 4.78 is 6.24. The van der Waals surface area contributed by atoms with Crippen molar-refractivity contribution in [3.63, 3.8) is 0 Å². The molecule has 0 fully saturated rings. The molecule has 2 heterocycles. The molecule has 0 aliphatic heterocycles. The molecule has 0 unspecified atom stereocenters. The van der Waals surface area contributed by atoms with Gasteiger partial charge in [0.05, 0.1) is 17.9 Å². The zero-order chi connectivity index (χ0) is 18.8. The molecule has 0 aliphatic carbocycles. The fraction of sp³-hybridized carbons (Fsp3) is 0.333. The number of hydrogen-bond donors (Lipinski definition) is 0. The van der Waals surface area contributed by atoms with Crippen LogP contribution in [0.3, 0.4) is 0 Å². The predicted octanol–water partition coefficient (Wildman–Crippen LogP) is 3.46. The van der Waals surface area contributed by atoms with E-state index in [0.717, 1.165) is 11.3 Å². The fourth-order valence-electron chi connectivity index (χ4n) is 2.59. The van der Waals surface area contributed by atoms with Crippen LogP contribution < -0.4 is 10.7 Å². The Hall–Kier alpha value is -2.74. The molecule has 0 spiro atoms. The van der Waals surface area contributed by atoms with Crippen molar-refractivity contribution < 1.29 is 9.32 Å². The lowest BCUT2D eigenvalue weighted by molar-refractivity contribution is -0.115. The van der Waals surface area contributed by atoms with Crippen LogP contribution in [0.2, 0.25) is 0 Å². The van der Waals surface area contributed by atoms with E-state index in [-0.39, 0.29) is 18.4 Å². The lowest BCUT2D eigenvalue weighted by Gasteiger charge is -2.18. The van der Waals surface area contributed by atoms with Gasteiger partial charge >= 0.3 is 5.76 Å². The van der Waals surface area contributed by atoms with Crippen molar-refractivity contribution >= 4 is 28.1 Å². The number of benzene rings is 1. The SMILES string of the molecule is CC(=O)N(c1ccc(C)cc1)c1nc(Cn2c(C(C)C)noc2=O)cs1. The Kier molecular flexibility index (Phi) is 5.03. The summed E-state index contributed by atoms with van der Waals surface area (Å²) in [7, 11) is 0. The van der Waals surface area contributed by atoms with E-state index in [4.69, 9.17) is 4.52 Å². The monoisotopic (exact) mass is 372 g/mol. The smallest absolute Gasteiger partial charge is 0.296 e. The number of nitrogens with zero attached hydrogens (tertiary/aromatic N) is 4. The molecule has 0 atom stereocenters. The first-order valence-electron chi connectivity index (χ1n) is 8.25. The average molecular weight is 372 g/mol. The summed E-state index contributed by atoms with van der Waals surface area (Å²) in [5.41, 5.74) is 2.55. The second-order valence-electron chi connectivity index (χ2n) is 6.36. The first kappa shape index (κ1) is 18.1. The summed E-state index contributed by atoms with van der Waals surface area (Å²) in [6.45, 7) is 7.63. The number of amides is 1. The van der Waals surface area contributed by atoms with Gasteiger partial charge in [0.15, 0.2) is 11.0 Å². The van der Waals surface area contributed by atoms with Gasteiger partial charge in [0.1, 0.15) is 0 Å². The van der Waals surface area contributed by atoms with Crippen molar-refractivity contribution in [3.05, 3.63) is 57.3 Å². The van der Waals surface area contributed by atoms with Gasteiger partial charge in [0.2, 0.25) is 5.91 Å². The zero-order valence-electron chi connectivity index (χ0n) is 15.1. The van der Waals surface area contributed by atoms with E-state index in [2.05, 4.69) is 10.1 Å². The molecule has 0 aliphatic rings. The third kappa shape index (κ3) is 3.60. The first-order valence-corrected chi connectivity index (χ1v) is 9.13. The van der Waals surface area contributed by atoms with Gasteiger partial charge in [-0.25, -0.2) is 9.78 Å². The Bertz CT molecular complexity index is 969. The number of anilines is 2. The highest BCUT2D eigenvalue weighted by atomic mass is 32.1. The van der Waals surface area contributed by atoms with Gasteiger partial charge < -0.3 is 0 Å². The van der Waals surface area contributed by atoms with Gasteiger partial charge in [0, 0.05) is 18.2 Å². The molecule has 0 bridgehead atoms. The summed E-state index contributed by atoms with van der Waals surface area (Å²) in [5, 5.41) is 6.22. The van der Waals surface area contributed by atoms with Crippen molar-refractivity contribution in [3.8, 4) is 0 Å². The largest absolute Gasteiger partial charge is 0.441 e. The maximum Gasteiger partial charge on any atom is 0.441 e. The third-order valence-electron chi connectivity index (χ3n) is 3.89. The van der Waals surface area contributed by atoms with Gasteiger partial charge in [0.25, 0.3) is 0 Å². The number of hydrogen-bond acceptors (Lipinski definition) is 6. The second kappa shape index (κ2) is 7.25. The van der Waals surface area contributed by atoms with Crippen LogP contribution >= 0.6 is 11.3 Å². The molecule has 0 saturated carbocycles. The lowest BCUT2D eigenvalue weighted by atomic mass is 10.2. The molecule has 136 valence electrons. The first-order chi connectivity index (χ1) is 12.4. The minimum atomic E-state index is -0.509. The lowest BCUT2D eigenvalue weighted by Crippen LogP contribution is -2.23. The molecule has 3 rings (SSSR count). The normalized spacial score (nSPS) is 11.1. The molecule has 8 heteroatoms. The number of rotatable bonds is 5. The maximum atomic E-state index is 12.2. The molecular formula is C18H20N4O3S. The molecule has 1 aromatic carbocycles. The van der Waals surface area contributed by atoms with E-state index in [1.165, 1.54) is 22.8 Å². The number of thiazole rings is 1. The summed E-state index contributed by atoms with van der Waals surface area (Å²) in [5.74, 6) is -0.00248. The second-order valence-corrected chi connectivity index (χ2v) is 7.20. The quantitative estimate of drug-likeness (QED) is 0.685. The Balaban J connectivity index is 1.91. The topological polar surface area (TPSA) is 81.2 Å². The number of carbonyl (C=O) groups is 1. The highest BCUT2D eigenvalue weighted by molar-refractivity contribution is 7.14. The van der Waals surface area contributed by atoms with Crippen LogP contribution in [-0.2, 0) is 11.3 Å². The summed E-state index contributed by atoms with van der Waals surface area (Å²) in [4.78, 5) is 30.2. The van der Waals surface area contributed by atoms with Gasteiger partial charge in [-0.05, 0) is 19.1 Å². The van der Waals surface area contributed by atoms with Crippen molar-refractivity contribution in [2.75, 3.05) is 4.90 Å². The van der Waals surface area contributed by atoms with Gasteiger partial charge in [-0.15, -0.1) is 11.3 Å². The van der Waals surface area contributed by atoms with Crippen LogP contribution in [0.25, 0.3) is 0 Å². The van der Waals surface area contributed by atoms with Crippen molar-refractivity contribution in [2.45, 2.75) is 40.2 Å². The van der Waals surface area contributed by atoms with Crippen LogP contribution in [0.5, 0.6) is 0 Å². The molecule has 26 heavy (non-hydrogen) atoms. The van der Waals surface area contributed by atoms with Crippen LogP contribution in [0.1, 0.15) is 43.8 Å². The summed E-state index contributed by atoms with van der Waals surface area (Å²) >= 11 is 1.35. The summed E-state index contributed by atoms with van der Waals surface area (Å²) in [6, 6.07) is 7.68. The highest BCUT2D eigenvalue weighted by Gasteiger charge is 2.20. The standard InChI is InChI=1S/C18H20N4O3S/c1-11(2)16-20-25-18(24)21(16)9-14-10-26-17(19-14)22(13(4)23)15-7-5-12(3)6-8-15/h5-8,10-11H,9H2,1-4H3. The van der Waals surface area contributed by atoms with Gasteiger partial charge in [-0.3, -0.25) is 18.8 Å². The Labute approximate surface area is 154 Å². The molecule has 7 nitrogen and oxygen atoms in total. The minimum Gasteiger partial charge on any atom is -0.296 e. The van der Waals surface area contributed by atoms with E-state index in [1.54, 1.807) is 4.90 Å². The van der Waals surface area contributed by atoms with E-state index in [0.29, 0.717) is 16.6 Å². The van der Waals surface area contributed by atoms with E-state index in [1.807, 2.05) is 50.4 Å². The number of carbonyl (C=O) groups excluding carboxylic acids is 1. The summed E-state index contributed by atoms with van der Waals surface area (Å²) in [6.07, 6.45) is 0. The molecule has 1 amide bonds. The minimum absolute atomic E-state index is 0.0563. The van der Waals surface area contributed by atoms with Gasteiger partial charge in [-0.1, -0.05) is 36.7 Å².